The third-order valence-electron chi connectivity index (χ3n) is 3.76. The van der Waals surface area contributed by atoms with Crippen LogP contribution < -0.4 is 0 Å². The van der Waals surface area contributed by atoms with Crippen molar-refractivity contribution in [1.29, 1.82) is 0 Å². The van der Waals surface area contributed by atoms with E-state index in [0.717, 1.165) is 6.42 Å². The fourth-order valence-corrected chi connectivity index (χ4v) is 2.78. The molecule has 0 aliphatic carbocycles. The fraction of sp³-hybridized carbons (Fsp3) is 1.00. The predicted octanol–water partition coefficient (Wildman–Crippen LogP) is 2.41. The fourth-order valence-electron chi connectivity index (χ4n) is 2.78. The third-order valence-corrected chi connectivity index (χ3v) is 3.76. The van der Waals surface area contributed by atoms with Gasteiger partial charge in [-0.15, -0.1) is 0 Å². The van der Waals surface area contributed by atoms with E-state index in [9.17, 15) is 5.11 Å². The molecule has 1 aliphatic rings. The Morgan fingerprint density at radius 1 is 1.36 bits per heavy atom. The van der Waals surface area contributed by atoms with Gasteiger partial charge >= 0.3 is 0 Å². The summed E-state index contributed by atoms with van der Waals surface area (Å²) in [7, 11) is 0. The van der Waals surface area contributed by atoms with Crippen LogP contribution in [-0.4, -0.2) is 34.2 Å². The quantitative estimate of drug-likeness (QED) is 0.751. The van der Waals surface area contributed by atoms with Crippen LogP contribution in [0.25, 0.3) is 0 Å². The summed E-state index contributed by atoms with van der Waals surface area (Å²) in [4.78, 5) is 2.52. The summed E-state index contributed by atoms with van der Waals surface area (Å²) < 4.78 is 0. The van der Waals surface area contributed by atoms with Gasteiger partial charge in [0.2, 0.25) is 0 Å². The maximum Gasteiger partial charge on any atom is 0.0690 e. The molecule has 2 heteroatoms. The van der Waals surface area contributed by atoms with E-state index in [1.54, 1.807) is 0 Å². The van der Waals surface area contributed by atoms with Gasteiger partial charge in [-0.05, 0) is 39.5 Å². The van der Waals surface area contributed by atoms with Gasteiger partial charge in [0.05, 0.1) is 6.10 Å². The van der Waals surface area contributed by atoms with E-state index in [-0.39, 0.29) is 6.10 Å². The van der Waals surface area contributed by atoms with Crippen LogP contribution in [0.4, 0.5) is 0 Å². The monoisotopic (exact) mass is 199 g/mol. The van der Waals surface area contributed by atoms with Gasteiger partial charge < -0.3 is 5.11 Å². The Hall–Kier alpha value is -0.0800. The summed E-state index contributed by atoms with van der Waals surface area (Å²) in [5.41, 5.74) is 0. The van der Waals surface area contributed by atoms with Crippen molar-refractivity contribution < 1.29 is 5.11 Å². The first-order chi connectivity index (χ1) is 6.61. The van der Waals surface area contributed by atoms with Crippen molar-refractivity contribution in [2.45, 2.75) is 77.6 Å². The van der Waals surface area contributed by atoms with Crippen molar-refractivity contribution in [1.82, 2.24) is 4.90 Å². The van der Waals surface area contributed by atoms with Gasteiger partial charge in [0.1, 0.15) is 0 Å². The topological polar surface area (TPSA) is 23.5 Å². The SMILES string of the molecule is CCC(O)C(C)N1C(C)CCC1CC. The Kier molecular flexibility index (Phi) is 4.39. The van der Waals surface area contributed by atoms with Crippen LogP contribution in [0, 0.1) is 0 Å². The Morgan fingerprint density at radius 3 is 2.50 bits per heavy atom. The summed E-state index contributed by atoms with van der Waals surface area (Å²) in [5.74, 6) is 0. The molecule has 4 atom stereocenters. The van der Waals surface area contributed by atoms with E-state index in [1.165, 1.54) is 19.3 Å². The van der Waals surface area contributed by atoms with E-state index < -0.39 is 0 Å². The van der Waals surface area contributed by atoms with Gasteiger partial charge in [0.25, 0.3) is 0 Å². The number of aliphatic hydroxyl groups is 1. The van der Waals surface area contributed by atoms with Crippen molar-refractivity contribution in [3.63, 3.8) is 0 Å². The molecule has 0 amide bonds. The highest BCUT2D eigenvalue weighted by molar-refractivity contribution is 4.89. The summed E-state index contributed by atoms with van der Waals surface area (Å²) in [6, 6.07) is 1.67. The molecule has 1 heterocycles. The van der Waals surface area contributed by atoms with Crippen LogP contribution in [0.2, 0.25) is 0 Å². The standard InChI is InChI=1S/C12H25NO/c1-5-11-8-7-9(3)13(11)10(4)12(14)6-2/h9-12,14H,5-8H2,1-4H3. The zero-order chi connectivity index (χ0) is 10.7. The van der Waals surface area contributed by atoms with Crippen molar-refractivity contribution in [3.8, 4) is 0 Å². The van der Waals surface area contributed by atoms with Crippen LogP contribution in [0.15, 0.2) is 0 Å². The van der Waals surface area contributed by atoms with Gasteiger partial charge in [-0.25, -0.2) is 0 Å². The van der Waals surface area contributed by atoms with Crippen LogP contribution in [0.1, 0.15) is 53.4 Å². The van der Waals surface area contributed by atoms with Crippen molar-refractivity contribution in [2.24, 2.45) is 0 Å². The number of aliphatic hydroxyl groups excluding tert-OH is 1. The third kappa shape index (κ3) is 2.29. The minimum Gasteiger partial charge on any atom is -0.392 e. The number of rotatable bonds is 4. The van der Waals surface area contributed by atoms with E-state index in [0.29, 0.717) is 18.1 Å². The maximum absolute atomic E-state index is 9.88. The van der Waals surface area contributed by atoms with E-state index in [2.05, 4.69) is 32.6 Å². The summed E-state index contributed by atoms with van der Waals surface area (Å²) in [5, 5.41) is 9.88. The molecule has 0 bridgehead atoms. The first kappa shape index (κ1) is 12.0. The van der Waals surface area contributed by atoms with E-state index >= 15 is 0 Å². The molecular weight excluding hydrogens is 174 g/mol. The first-order valence-corrected chi connectivity index (χ1v) is 6.07. The lowest BCUT2D eigenvalue weighted by atomic mass is 10.1. The molecule has 0 radical (unpaired) electrons. The van der Waals surface area contributed by atoms with Crippen molar-refractivity contribution in [2.75, 3.05) is 0 Å². The van der Waals surface area contributed by atoms with Crippen LogP contribution in [-0.2, 0) is 0 Å². The Balaban J connectivity index is 2.63. The second-order valence-corrected chi connectivity index (χ2v) is 4.65. The Morgan fingerprint density at radius 2 is 2.00 bits per heavy atom. The zero-order valence-corrected chi connectivity index (χ0v) is 10.0. The normalized spacial score (nSPS) is 33.2. The first-order valence-electron chi connectivity index (χ1n) is 6.07. The Labute approximate surface area is 88.3 Å². The molecule has 0 spiro atoms. The summed E-state index contributed by atoms with van der Waals surface area (Å²) in [6.45, 7) is 8.76. The largest absolute Gasteiger partial charge is 0.392 e. The van der Waals surface area contributed by atoms with Gasteiger partial charge in [-0.3, -0.25) is 4.90 Å². The lowest BCUT2D eigenvalue weighted by Gasteiger charge is -2.36. The summed E-state index contributed by atoms with van der Waals surface area (Å²) in [6.07, 6.45) is 4.51. The highest BCUT2D eigenvalue weighted by Gasteiger charge is 2.34. The average Bonchev–Trinajstić information content (AvgIpc) is 2.57. The molecule has 14 heavy (non-hydrogen) atoms. The number of likely N-dealkylation sites (tertiary alicyclic amines) is 1. The van der Waals surface area contributed by atoms with Crippen molar-refractivity contribution >= 4 is 0 Å². The highest BCUT2D eigenvalue weighted by Crippen LogP contribution is 2.29. The number of hydrogen-bond donors (Lipinski definition) is 1. The van der Waals surface area contributed by atoms with Crippen LogP contribution >= 0.6 is 0 Å². The lowest BCUT2D eigenvalue weighted by molar-refractivity contribution is 0.0298. The highest BCUT2D eigenvalue weighted by atomic mass is 16.3. The molecule has 1 rings (SSSR count). The molecule has 0 aromatic heterocycles. The molecule has 1 N–H and O–H groups in total. The van der Waals surface area contributed by atoms with Crippen LogP contribution in [0.5, 0.6) is 0 Å². The van der Waals surface area contributed by atoms with Gasteiger partial charge in [0.15, 0.2) is 0 Å². The average molecular weight is 199 g/mol. The molecule has 4 unspecified atom stereocenters. The minimum absolute atomic E-state index is 0.162. The van der Waals surface area contributed by atoms with E-state index in [4.69, 9.17) is 0 Å². The maximum atomic E-state index is 9.88. The molecule has 1 saturated heterocycles. The van der Waals surface area contributed by atoms with Gasteiger partial charge in [-0.2, -0.15) is 0 Å². The molecular formula is C12H25NO. The second kappa shape index (κ2) is 5.13. The molecule has 0 saturated carbocycles. The van der Waals surface area contributed by atoms with Crippen molar-refractivity contribution in [3.05, 3.63) is 0 Å². The molecule has 84 valence electrons. The molecule has 2 nitrogen and oxygen atoms in total. The van der Waals surface area contributed by atoms with Crippen LogP contribution in [0.3, 0.4) is 0 Å². The molecule has 1 fully saturated rings. The number of nitrogens with zero attached hydrogens (tertiary/aromatic N) is 1. The second-order valence-electron chi connectivity index (χ2n) is 4.65. The smallest absolute Gasteiger partial charge is 0.0690 e. The minimum atomic E-state index is -0.162. The van der Waals surface area contributed by atoms with E-state index in [1.807, 2.05) is 0 Å². The Bertz CT molecular complexity index is 172. The molecule has 1 aliphatic heterocycles. The summed E-state index contributed by atoms with van der Waals surface area (Å²) >= 11 is 0. The van der Waals surface area contributed by atoms with Gasteiger partial charge in [-0.1, -0.05) is 13.8 Å². The molecule has 0 aromatic rings. The predicted molar refractivity (Wildman–Crippen MR) is 60.4 cm³/mol. The van der Waals surface area contributed by atoms with Gasteiger partial charge in [0, 0.05) is 18.1 Å². The lowest BCUT2D eigenvalue weighted by Crippen LogP contribution is -2.47. The zero-order valence-electron chi connectivity index (χ0n) is 10.0. The number of hydrogen-bond acceptors (Lipinski definition) is 2. The molecule has 0 aromatic carbocycles.